The lowest BCUT2D eigenvalue weighted by Crippen LogP contribution is -2.53. The highest BCUT2D eigenvalue weighted by molar-refractivity contribution is 6.35. The van der Waals surface area contributed by atoms with Crippen molar-refractivity contribution in [2.75, 3.05) is 6.54 Å². The highest BCUT2D eigenvalue weighted by Crippen LogP contribution is 2.39. The normalized spacial score (nSPS) is 16.2. The Morgan fingerprint density at radius 1 is 1.46 bits per heavy atom. The number of hydrogen-bond donors (Lipinski definition) is 2. The Hall–Kier alpha value is -1.27. The molecule has 0 spiro atoms. The van der Waals surface area contributed by atoms with Gasteiger partial charge in [-0.25, -0.2) is 4.68 Å². The SMILES string of the molecule is CC(CN)(NC(=O)c1cnn(-c2ccc(Cl)cc2Cl)c1)C1CC1.Cl. The van der Waals surface area contributed by atoms with Crippen LogP contribution in [0, 0.1) is 5.92 Å². The molecule has 1 aliphatic carbocycles. The number of aromatic nitrogens is 2. The van der Waals surface area contributed by atoms with Gasteiger partial charge in [-0.1, -0.05) is 23.2 Å². The van der Waals surface area contributed by atoms with Crippen LogP contribution in [0.2, 0.25) is 10.0 Å². The molecule has 5 nitrogen and oxygen atoms in total. The monoisotopic (exact) mass is 388 g/mol. The molecule has 1 aliphatic rings. The fourth-order valence-electron chi connectivity index (χ4n) is 2.61. The molecule has 24 heavy (non-hydrogen) atoms. The van der Waals surface area contributed by atoms with Crippen molar-refractivity contribution in [3.8, 4) is 5.69 Å². The molecular formula is C16H19Cl3N4O. The minimum Gasteiger partial charge on any atom is -0.345 e. The molecule has 0 aliphatic heterocycles. The van der Waals surface area contributed by atoms with E-state index in [1.54, 1.807) is 29.1 Å². The molecule has 1 aromatic heterocycles. The predicted octanol–water partition coefficient (Wildman–Crippen LogP) is 3.46. The number of halogens is 3. The molecule has 1 unspecified atom stereocenters. The third-order valence-electron chi connectivity index (χ3n) is 4.30. The van der Waals surface area contributed by atoms with Crippen LogP contribution in [0.15, 0.2) is 30.6 Å². The molecule has 2 aromatic rings. The standard InChI is InChI=1S/C16H18Cl2N4O.ClH/c1-16(9-19,11-2-3-11)21-15(23)10-7-20-22(8-10)14-5-4-12(17)6-13(14)18;/h4-8,11H,2-3,9,19H2,1H3,(H,21,23);1H. The molecule has 1 amide bonds. The number of nitrogens with zero attached hydrogens (tertiary/aromatic N) is 2. The molecule has 8 heteroatoms. The third kappa shape index (κ3) is 3.86. The van der Waals surface area contributed by atoms with Crippen LogP contribution in [-0.4, -0.2) is 27.8 Å². The van der Waals surface area contributed by atoms with Crippen LogP contribution in [0.1, 0.15) is 30.1 Å². The second kappa shape index (κ2) is 7.31. The van der Waals surface area contributed by atoms with Crippen LogP contribution in [0.4, 0.5) is 0 Å². The summed E-state index contributed by atoms with van der Waals surface area (Å²) in [4.78, 5) is 12.5. The lowest BCUT2D eigenvalue weighted by molar-refractivity contribution is 0.0898. The summed E-state index contributed by atoms with van der Waals surface area (Å²) in [5.74, 6) is 0.276. The van der Waals surface area contributed by atoms with Gasteiger partial charge in [0.2, 0.25) is 0 Å². The first-order chi connectivity index (χ1) is 10.9. The summed E-state index contributed by atoms with van der Waals surface area (Å²) in [5.41, 5.74) is 6.61. The lowest BCUT2D eigenvalue weighted by atomic mass is 9.95. The van der Waals surface area contributed by atoms with Gasteiger partial charge in [-0.05, 0) is 43.9 Å². The number of carbonyl (C=O) groups excluding carboxylic acids is 1. The van der Waals surface area contributed by atoms with Gasteiger partial charge in [0.1, 0.15) is 0 Å². The van der Waals surface area contributed by atoms with Crippen LogP contribution in [-0.2, 0) is 0 Å². The van der Waals surface area contributed by atoms with E-state index in [1.165, 1.54) is 6.20 Å². The Balaban J connectivity index is 0.00000208. The van der Waals surface area contributed by atoms with Gasteiger partial charge in [0, 0.05) is 17.8 Å². The second-order valence-corrected chi connectivity index (χ2v) is 6.96. The zero-order chi connectivity index (χ0) is 16.6. The van der Waals surface area contributed by atoms with Crippen molar-refractivity contribution >= 4 is 41.5 Å². The van der Waals surface area contributed by atoms with Gasteiger partial charge in [0.15, 0.2) is 0 Å². The van der Waals surface area contributed by atoms with E-state index in [9.17, 15) is 4.79 Å². The first kappa shape index (κ1) is 19.1. The van der Waals surface area contributed by atoms with E-state index >= 15 is 0 Å². The highest BCUT2D eigenvalue weighted by atomic mass is 35.5. The van der Waals surface area contributed by atoms with E-state index in [0.717, 1.165) is 12.8 Å². The number of rotatable bonds is 5. The summed E-state index contributed by atoms with van der Waals surface area (Å²) >= 11 is 12.1. The van der Waals surface area contributed by atoms with Crippen LogP contribution in [0.3, 0.4) is 0 Å². The predicted molar refractivity (Wildman–Crippen MR) is 98.5 cm³/mol. The van der Waals surface area contributed by atoms with E-state index in [2.05, 4.69) is 10.4 Å². The molecule has 0 bridgehead atoms. The fraction of sp³-hybridized carbons (Fsp3) is 0.375. The van der Waals surface area contributed by atoms with Crippen molar-refractivity contribution in [3.63, 3.8) is 0 Å². The van der Waals surface area contributed by atoms with Crippen LogP contribution in [0.5, 0.6) is 0 Å². The number of carbonyl (C=O) groups is 1. The maximum Gasteiger partial charge on any atom is 0.254 e. The zero-order valence-corrected chi connectivity index (χ0v) is 15.5. The molecule has 1 atom stereocenters. The molecule has 1 aromatic carbocycles. The van der Waals surface area contributed by atoms with Crippen LogP contribution < -0.4 is 11.1 Å². The Morgan fingerprint density at radius 2 is 2.17 bits per heavy atom. The zero-order valence-electron chi connectivity index (χ0n) is 13.1. The van der Waals surface area contributed by atoms with E-state index in [0.29, 0.717) is 33.8 Å². The quantitative estimate of drug-likeness (QED) is 0.822. The Kier molecular flexibility index (Phi) is 5.81. The third-order valence-corrected chi connectivity index (χ3v) is 4.84. The van der Waals surface area contributed by atoms with Gasteiger partial charge in [-0.15, -0.1) is 12.4 Å². The minimum atomic E-state index is -0.364. The molecule has 0 saturated heterocycles. The van der Waals surface area contributed by atoms with Crippen molar-refractivity contribution in [1.82, 2.24) is 15.1 Å². The van der Waals surface area contributed by atoms with Crippen molar-refractivity contribution < 1.29 is 4.79 Å². The molecule has 0 radical (unpaired) electrons. The summed E-state index contributed by atoms with van der Waals surface area (Å²) in [5, 5.41) is 8.27. The Bertz CT molecular complexity index is 745. The topological polar surface area (TPSA) is 72.9 Å². The number of amides is 1. The average molecular weight is 390 g/mol. The molecule has 3 N–H and O–H groups in total. The molecular weight excluding hydrogens is 371 g/mol. The van der Waals surface area contributed by atoms with Crippen LogP contribution in [0.25, 0.3) is 5.69 Å². The highest BCUT2D eigenvalue weighted by Gasteiger charge is 2.41. The number of hydrogen-bond acceptors (Lipinski definition) is 3. The van der Waals surface area contributed by atoms with E-state index in [1.807, 2.05) is 6.92 Å². The van der Waals surface area contributed by atoms with E-state index in [4.69, 9.17) is 28.9 Å². The maximum absolute atomic E-state index is 12.5. The van der Waals surface area contributed by atoms with Crippen molar-refractivity contribution in [2.24, 2.45) is 11.7 Å². The summed E-state index contributed by atoms with van der Waals surface area (Å²) in [7, 11) is 0. The molecule has 1 heterocycles. The first-order valence-electron chi connectivity index (χ1n) is 7.45. The summed E-state index contributed by atoms with van der Waals surface area (Å²) in [6, 6.07) is 5.12. The smallest absolute Gasteiger partial charge is 0.254 e. The number of nitrogens with two attached hydrogens (primary N) is 1. The summed E-state index contributed by atoms with van der Waals surface area (Å²) in [6.45, 7) is 2.41. The summed E-state index contributed by atoms with van der Waals surface area (Å²) < 4.78 is 1.56. The largest absolute Gasteiger partial charge is 0.345 e. The number of benzene rings is 1. The summed E-state index contributed by atoms with van der Waals surface area (Å²) in [6.07, 6.45) is 5.37. The number of nitrogens with one attached hydrogen (secondary N) is 1. The Morgan fingerprint density at radius 3 is 2.75 bits per heavy atom. The molecule has 130 valence electrons. The van der Waals surface area contributed by atoms with Gasteiger partial charge in [0.25, 0.3) is 5.91 Å². The van der Waals surface area contributed by atoms with Gasteiger partial charge in [0.05, 0.1) is 28.0 Å². The minimum absolute atomic E-state index is 0. The first-order valence-corrected chi connectivity index (χ1v) is 8.21. The fourth-order valence-corrected chi connectivity index (χ4v) is 3.11. The molecule has 1 saturated carbocycles. The molecule has 1 fully saturated rings. The van der Waals surface area contributed by atoms with Gasteiger partial charge < -0.3 is 11.1 Å². The van der Waals surface area contributed by atoms with E-state index < -0.39 is 0 Å². The molecule has 3 rings (SSSR count). The van der Waals surface area contributed by atoms with Crippen molar-refractivity contribution in [2.45, 2.75) is 25.3 Å². The van der Waals surface area contributed by atoms with Crippen LogP contribution >= 0.6 is 35.6 Å². The van der Waals surface area contributed by atoms with Crippen molar-refractivity contribution in [1.29, 1.82) is 0 Å². The van der Waals surface area contributed by atoms with Gasteiger partial charge in [-0.2, -0.15) is 5.10 Å². The maximum atomic E-state index is 12.5. The lowest BCUT2D eigenvalue weighted by Gasteiger charge is -2.29. The van der Waals surface area contributed by atoms with Crippen molar-refractivity contribution in [3.05, 3.63) is 46.2 Å². The second-order valence-electron chi connectivity index (χ2n) is 6.12. The Labute approximate surface area is 156 Å². The van der Waals surface area contributed by atoms with E-state index in [-0.39, 0.29) is 23.9 Å². The van der Waals surface area contributed by atoms with Gasteiger partial charge in [-0.3, -0.25) is 4.79 Å². The van der Waals surface area contributed by atoms with Gasteiger partial charge >= 0.3 is 0 Å². The average Bonchev–Trinajstić information content (AvgIpc) is 3.26.